The molecule has 1 N–H and O–H groups in total. The molecule has 1 atom stereocenters. The Labute approximate surface area is 157 Å². The lowest BCUT2D eigenvalue weighted by Gasteiger charge is -2.33. The Bertz CT molecular complexity index is 872. The molecule has 26 heavy (non-hydrogen) atoms. The lowest BCUT2D eigenvalue weighted by atomic mass is 10.2. The van der Waals surface area contributed by atoms with Gasteiger partial charge < -0.3 is 10.1 Å². The average Bonchev–Trinajstić information content (AvgIpc) is 2.64. The molecule has 2 aromatic carbocycles. The van der Waals surface area contributed by atoms with E-state index in [0.717, 1.165) is 16.9 Å². The Morgan fingerprint density at radius 1 is 1.19 bits per heavy atom. The van der Waals surface area contributed by atoms with Gasteiger partial charge in [-0.2, -0.15) is 0 Å². The van der Waals surface area contributed by atoms with Crippen LogP contribution in [0.1, 0.15) is 0 Å². The summed E-state index contributed by atoms with van der Waals surface area (Å²) in [4.78, 5) is 13.6. The van der Waals surface area contributed by atoms with Crippen LogP contribution in [0, 0.1) is 0 Å². The fourth-order valence-electron chi connectivity index (χ4n) is 2.63. The Morgan fingerprint density at radius 2 is 1.88 bits per heavy atom. The van der Waals surface area contributed by atoms with Crippen molar-refractivity contribution in [2.45, 2.75) is 11.0 Å². The molecule has 0 radical (unpaired) electrons. The summed E-state index contributed by atoms with van der Waals surface area (Å²) in [5.74, 6) is 0.791. The van der Waals surface area contributed by atoms with Gasteiger partial charge in [0.2, 0.25) is 10.0 Å². The molecule has 2 aromatic rings. The van der Waals surface area contributed by atoms with Gasteiger partial charge in [0.25, 0.3) is 5.91 Å². The number of rotatable bonds is 6. The molecule has 1 aliphatic heterocycles. The maximum atomic E-state index is 12.4. The zero-order valence-electron chi connectivity index (χ0n) is 14.3. The fourth-order valence-corrected chi connectivity index (χ4v) is 4.33. The lowest BCUT2D eigenvalue weighted by Crippen LogP contribution is -2.50. The van der Waals surface area contributed by atoms with Crippen LogP contribution in [0.2, 0.25) is 0 Å². The Morgan fingerprint density at radius 3 is 2.62 bits per heavy atom. The van der Waals surface area contributed by atoms with Crippen LogP contribution in [0.4, 0.5) is 5.69 Å². The largest absolute Gasteiger partial charge is 0.476 e. The number of benzene rings is 2. The summed E-state index contributed by atoms with van der Waals surface area (Å²) >= 11 is 1.64. The number of ether oxygens (including phenoxy) is 1. The Hall–Kier alpha value is -2.19. The molecule has 3 rings (SSSR count). The number of thioether (sulfide) groups is 1. The summed E-state index contributed by atoms with van der Waals surface area (Å²) in [5, 5.41) is 2.82. The second-order valence-corrected chi connectivity index (χ2v) is 8.90. The maximum absolute atomic E-state index is 12.4. The first kappa shape index (κ1) is 18.6. The molecule has 0 saturated carbocycles. The first-order valence-electron chi connectivity index (χ1n) is 8.14. The summed E-state index contributed by atoms with van der Waals surface area (Å²) in [6, 6.07) is 16.7. The number of sulfonamides is 1. The van der Waals surface area contributed by atoms with Crippen molar-refractivity contribution in [2.75, 3.05) is 29.4 Å². The van der Waals surface area contributed by atoms with E-state index in [-0.39, 0.29) is 12.5 Å². The molecule has 6 nitrogen and oxygen atoms in total. The molecule has 0 saturated heterocycles. The number of carbonyl (C=O) groups is 1. The number of carbonyl (C=O) groups excluding carboxylic acids is 1. The third-order valence-electron chi connectivity index (χ3n) is 3.84. The first-order chi connectivity index (χ1) is 12.4. The highest BCUT2D eigenvalue weighted by atomic mass is 32.2. The third-order valence-corrected chi connectivity index (χ3v) is 6.00. The van der Waals surface area contributed by atoms with Crippen LogP contribution in [0.3, 0.4) is 0 Å². The van der Waals surface area contributed by atoms with Crippen molar-refractivity contribution < 1.29 is 17.9 Å². The minimum atomic E-state index is -3.50. The first-order valence-corrected chi connectivity index (χ1v) is 11.0. The van der Waals surface area contributed by atoms with E-state index in [1.54, 1.807) is 36.0 Å². The molecule has 1 aliphatic rings. The summed E-state index contributed by atoms with van der Waals surface area (Å²) in [6.45, 7) is 0.437. The van der Waals surface area contributed by atoms with E-state index in [9.17, 15) is 13.2 Å². The third kappa shape index (κ3) is 4.50. The van der Waals surface area contributed by atoms with Gasteiger partial charge in [0, 0.05) is 17.2 Å². The number of hydrogen-bond acceptors (Lipinski definition) is 5. The SMILES string of the molecule is CS(=O)(=O)N1C[C@@H](C(=O)NCCSc2ccccc2)Oc2ccccc21. The highest BCUT2D eigenvalue weighted by Gasteiger charge is 2.34. The van der Waals surface area contributed by atoms with Crippen LogP contribution >= 0.6 is 11.8 Å². The number of nitrogens with one attached hydrogen (secondary N) is 1. The Kier molecular flexibility index (Phi) is 5.73. The van der Waals surface area contributed by atoms with E-state index >= 15 is 0 Å². The van der Waals surface area contributed by atoms with Gasteiger partial charge in [-0.15, -0.1) is 11.8 Å². The van der Waals surface area contributed by atoms with Crippen LogP contribution in [0.15, 0.2) is 59.5 Å². The van der Waals surface area contributed by atoms with Crippen molar-refractivity contribution in [3.8, 4) is 5.75 Å². The quantitative estimate of drug-likeness (QED) is 0.602. The van der Waals surface area contributed by atoms with Crippen LogP contribution < -0.4 is 14.4 Å². The van der Waals surface area contributed by atoms with Gasteiger partial charge in [-0.1, -0.05) is 30.3 Å². The average molecular weight is 393 g/mol. The van der Waals surface area contributed by atoms with E-state index in [0.29, 0.717) is 18.0 Å². The smallest absolute Gasteiger partial charge is 0.263 e. The van der Waals surface area contributed by atoms with E-state index in [1.165, 1.54) is 4.31 Å². The molecule has 0 unspecified atom stereocenters. The highest BCUT2D eigenvalue weighted by Crippen LogP contribution is 2.34. The van der Waals surface area contributed by atoms with Gasteiger partial charge in [0.05, 0.1) is 18.5 Å². The monoisotopic (exact) mass is 392 g/mol. The van der Waals surface area contributed by atoms with Gasteiger partial charge in [0.15, 0.2) is 6.10 Å². The molecular weight excluding hydrogens is 372 g/mol. The lowest BCUT2D eigenvalue weighted by molar-refractivity contribution is -0.127. The molecule has 1 amide bonds. The van der Waals surface area contributed by atoms with Crippen molar-refractivity contribution in [1.29, 1.82) is 0 Å². The van der Waals surface area contributed by atoms with Crippen LogP contribution in [-0.2, 0) is 14.8 Å². The number of hydrogen-bond donors (Lipinski definition) is 1. The number of nitrogens with zero attached hydrogens (tertiary/aromatic N) is 1. The molecule has 0 aliphatic carbocycles. The van der Waals surface area contributed by atoms with Gasteiger partial charge >= 0.3 is 0 Å². The van der Waals surface area contributed by atoms with Gasteiger partial charge in [-0.3, -0.25) is 9.10 Å². The summed E-state index contributed by atoms with van der Waals surface area (Å²) in [7, 11) is -3.50. The number of amides is 1. The van der Waals surface area contributed by atoms with Crippen LogP contribution in [0.25, 0.3) is 0 Å². The Balaban J connectivity index is 1.60. The molecule has 0 bridgehead atoms. The van der Waals surface area contributed by atoms with Crippen molar-refractivity contribution >= 4 is 33.4 Å². The molecule has 0 fully saturated rings. The fraction of sp³-hybridized carbons (Fsp3) is 0.278. The topological polar surface area (TPSA) is 75.7 Å². The van der Waals surface area contributed by atoms with Crippen molar-refractivity contribution in [1.82, 2.24) is 5.32 Å². The van der Waals surface area contributed by atoms with Gasteiger partial charge in [-0.05, 0) is 24.3 Å². The van der Waals surface area contributed by atoms with Crippen LogP contribution in [0.5, 0.6) is 5.75 Å². The summed E-state index contributed by atoms with van der Waals surface area (Å²) in [5.41, 5.74) is 0.457. The molecule has 138 valence electrons. The second-order valence-electron chi connectivity index (χ2n) is 5.82. The zero-order chi connectivity index (χ0) is 18.6. The second kappa shape index (κ2) is 8.01. The van der Waals surface area contributed by atoms with E-state index in [1.807, 2.05) is 30.3 Å². The summed E-state index contributed by atoms with van der Waals surface area (Å²) < 4.78 is 31.1. The zero-order valence-corrected chi connectivity index (χ0v) is 15.9. The minimum Gasteiger partial charge on any atom is -0.476 e. The normalized spacial score (nSPS) is 16.5. The molecule has 0 aromatic heterocycles. The van der Waals surface area contributed by atoms with E-state index in [2.05, 4.69) is 5.32 Å². The predicted octanol–water partition coefficient (Wildman–Crippen LogP) is 2.12. The van der Waals surface area contributed by atoms with Gasteiger partial charge in [0.1, 0.15) is 5.75 Å². The molecule has 1 heterocycles. The standard InChI is InChI=1S/C18H20N2O4S2/c1-26(22,23)20-13-17(24-16-10-6-5-9-15(16)20)18(21)19-11-12-25-14-7-3-2-4-8-14/h2-10,17H,11-13H2,1H3,(H,19,21)/t17-/m0/s1. The van der Waals surface area contributed by atoms with E-state index < -0.39 is 16.1 Å². The van der Waals surface area contributed by atoms with Crippen molar-refractivity contribution in [2.24, 2.45) is 0 Å². The van der Waals surface area contributed by atoms with Gasteiger partial charge in [-0.25, -0.2) is 8.42 Å². The molecule has 0 spiro atoms. The highest BCUT2D eigenvalue weighted by molar-refractivity contribution is 7.99. The molecule has 8 heteroatoms. The number of anilines is 1. The number of para-hydroxylation sites is 2. The summed E-state index contributed by atoms with van der Waals surface area (Å²) in [6.07, 6.45) is 0.252. The molecular formula is C18H20N2O4S2. The van der Waals surface area contributed by atoms with Crippen LogP contribution in [-0.4, -0.2) is 45.5 Å². The predicted molar refractivity (Wildman–Crippen MR) is 103 cm³/mol. The number of fused-ring (bicyclic) bond motifs is 1. The minimum absolute atomic E-state index is 0.0342. The van der Waals surface area contributed by atoms with Crippen molar-refractivity contribution in [3.05, 3.63) is 54.6 Å². The van der Waals surface area contributed by atoms with Crippen molar-refractivity contribution in [3.63, 3.8) is 0 Å². The van der Waals surface area contributed by atoms with E-state index in [4.69, 9.17) is 4.74 Å². The maximum Gasteiger partial charge on any atom is 0.263 e.